The minimum absolute atomic E-state index is 0.0708. The molecule has 2 atom stereocenters. The van der Waals surface area contributed by atoms with Crippen LogP contribution in [0.1, 0.15) is 19.5 Å². The number of carboxylic acids is 1. The van der Waals surface area contributed by atoms with E-state index >= 15 is 0 Å². The zero-order valence-electron chi connectivity index (χ0n) is 17.5. The number of hydrogen-bond donors (Lipinski definition) is 4. The molecule has 0 aliphatic heterocycles. The van der Waals surface area contributed by atoms with Gasteiger partial charge in [-0.3, -0.25) is 25.0 Å². The molecule has 1 aromatic heterocycles. The zero-order valence-corrected chi connectivity index (χ0v) is 17.5. The lowest BCUT2D eigenvalue weighted by Gasteiger charge is -2.21. The summed E-state index contributed by atoms with van der Waals surface area (Å²) in [7, 11) is 1.66. The number of anilines is 2. The Bertz CT molecular complexity index is 1050. The van der Waals surface area contributed by atoms with Crippen LogP contribution < -0.4 is 16.4 Å². The highest BCUT2D eigenvalue weighted by atomic mass is 16.6. The van der Waals surface area contributed by atoms with Crippen molar-refractivity contribution in [2.24, 2.45) is 18.7 Å². The highest BCUT2D eigenvalue weighted by Gasteiger charge is 2.30. The Labute approximate surface area is 181 Å². The molecule has 2 rings (SSSR count). The van der Waals surface area contributed by atoms with E-state index in [0.717, 1.165) is 6.07 Å². The predicted octanol–water partition coefficient (Wildman–Crippen LogP) is 1.27. The Morgan fingerprint density at radius 3 is 2.12 bits per heavy atom. The van der Waals surface area contributed by atoms with Gasteiger partial charge in [0.1, 0.15) is 23.5 Å². The van der Waals surface area contributed by atoms with Crippen LogP contribution in [0, 0.1) is 26.1 Å². The molecule has 1 amide bonds. The van der Waals surface area contributed by atoms with Gasteiger partial charge in [0.25, 0.3) is 11.4 Å². The smallest absolute Gasteiger partial charge is 0.326 e. The van der Waals surface area contributed by atoms with Crippen molar-refractivity contribution in [1.82, 2.24) is 9.55 Å². The first-order chi connectivity index (χ1) is 14.9. The molecule has 0 fully saturated rings. The number of benzene rings is 1. The van der Waals surface area contributed by atoms with Gasteiger partial charge < -0.3 is 26.0 Å². The number of nitrogens with one attached hydrogen (secondary N) is 2. The minimum atomic E-state index is -1.31. The molecule has 0 spiro atoms. The molecule has 0 unspecified atom stereocenters. The van der Waals surface area contributed by atoms with Crippen LogP contribution in [-0.4, -0.2) is 48.5 Å². The van der Waals surface area contributed by atoms with E-state index in [4.69, 9.17) is 5.73 Å². The van der Waals surface area contributed by atoms with Crippen molar-refractivity contribution in [3.05, 3.63) is 50.6 Å². The highest BCUT2D eigenvalue weighted by molar-refractivity contribution is 5.87. The number of aryl methyl sites for hydroxylation is 1. The summed E-state index contributed by atoms with van der Waals surface area (Å²) in [4.78, 5) is 48.8. The average Bonchev–Trinajstić information content (AvgIpc) is 3.08. The number of aromatic nitrogens is 2. The largest absolute Gasteiger partial charge is 0.480 e. The van der Waals surface area contributed by atoms with Gasteiger partial charge in [-0.15, -0.1) is 0 Å². The molecule has 1 heterocycles. The third-order valence-corrected chi connectivity index (χ3v) is 4.75. The van der Waals surface area contributed by atoms with E-state index in [-0.39, 0.29) is 23.7 Å². The summed E-state index contributed by atoms with van der Waals surface area (Å²) in [6.45, 7) is 3.32. The monoisotopic (exact) mass is 449 g/mol. The molecule has 2 aromatic rings. The fourth-order valence-electron chi connectivity index (χ4n) is 3.02. The third-order valence-electron chi connectivity index (χ3n) is 4.75. The van der Waals surface area contributed by atoms with Crippen molar-refractivity contribution in [1.29, 1.82) is 0 Å². The van der Waals surface area contributed by atoms with Gasteiger partial charge in [-0.2, -0.15) is 0 Å². The van der Waals surface area contributed by atoms with Crippen LogP contribution in [-0.2, 0) is 23.1 Å². The number of imidazole rings is 1. The fraction of sp³-hybridized carbons (Fsp3) is 0.389. The van der Waals surface area contributed by atoms with E-state index in [0.29, 0.717) is 11.8 Å². The summed E-state index contributed by atoms with van der Waals surface area (Å²) in [5, 5.41) is 37.9. The molecule has 5 N–H and O–H groups in total. The van der Waals surface area contributed by atoms with Gasteiger partial charge in [0, 0.05) is 25.4 Å². The maximum absolute atomic E-state index is 11.8. The van der Waals surface area contributed by atoms with Gasteiger partial charge in [0.2, 0.25) is 5.91 Å². The summed E-state index contributed by atoms with van der Waals surface area (Å²) in [5.74, 6) is -2.43. The first kappa shape index (κ1) is 24.0. The molecule has 0 saturated carbocycles. The van der Waals surface area contributed by atoms with E-state index in [9.17, 15) is 34.9 Å². The van der Waals surface area contributed by atoms with E-state index in [1.54, 1.807) is 25.5 Å². The lowest BCUT2D eigenvalue weighted by molar-refractivity contribution is -0.393. The van der Waals surface area contributed by atoms with Gasteiger partial charge in [0.05, 0.1) is 22.2 Å². The fourth-order valence-corrected chi connectivity index (χ4v) is 3.02. The van der Waals surface area contributed by atoms with Crippen LogP contribution in [0.2, 0.25) is 0 Å². The van der Waals surface area contributed by atoms with Crippen LogP contribution in [0.15, 0.2) is 24.7 Å². The summed E-state index contributed by atoms with van der Waals surface area (Å²) < 4.78 is 1.59. The molecule has 32 heavy (non-hydrogen) atoms. The maximum atomic E-state index is 11.8. The topological polar surface area (TPSA) is 209 Å². The number of rotatable bonds is 11. The van der Waals surface area contributed by atoms with Gasteiger partial charge in [-0.25, -0.2) is 9.78 Å². The van der Waals surface area contributed by atoms with Gasteiger partial charge in [-0.1, -0.05) is 13.8 Å². The number of carboxylic acid groups (broad SMARTS) is 1. The van der Waals surface area contributed by atoms with Crippen molar-refractivity contribution < 1.29 is 24.5 Å². The zero-order chi connectivity index (χ0) is 24.2. The van der Waals surface area contributed by atoms with Crippen LogP contribution in [0.3, 0.4) is 0 Å². The lowest BCUT2D eigenvalue weighted by atomic mass is 10.0. The first-order valence-corrected chi connectivity index (χ1v) is 9.39. The first-order valence-electron chi connectivity index (χ1n) is 9.39. The van der Waals surface area contributed by atoms with Gasteiger partial charge in [0.15, 0.2) is 0 Å². The molecule has 14 nitrogen and oxygen atoms in total. The minimum Gasteiger partial charge on any atom is -0.480 e. The third kappa shape index (κ3) is 5.47. The Morgan fingerprint density at radius 1 is 1.16 bits per heavy atom. The SMILES string of the molecule is CC(C)[C@H](Nc1cc(N[C@H](Cc2cncn2C)C(=O)O)c([N+](=O)[O-])cc1[N+](=O)[O-])C(N)=O. The van der Waals surface area contributed by atoms with E-state index in [2.05, 4.69) is 15.6 Å². The van der Waals surface area contributed by atoms with Crippen LogP contribution >= 0.6 is 0 Å². The number of nitrogens with zero attached hydrogens (tertiary/aromatic N) is 4. The Kier molecular flexibility index (Phi) is 7.30. The standard InChI is InChI=1S/C18H23N7O7/c1-9(2)16(17(19)26)22-12-5-11(14(24(29)30)6-15(12)25(31)32)21-13(18(27)28)4-10-7-20-8-23(10)3/h5-9,13,16,21-22H,4H2,1-3H3,(H2,19,26)(H,27,28)/t13-,16+/m1/s1. The van der Waals surface area contributed by atoms with Gasteiger partial charge >= 0.3 is 5.97 Å². The number of primary amides is 1. The van der Waals surface area contributed by atoms with Crippen LogP contribution in [0.5, 0.6) is 0 Å². The van der Waals surface area contributed by atoms with Crippen LogP contribution in [0.4, 0.5) is 22.7 Å². The molecule has 0 aliphatic rings. The second-order valence-corrected chi connectivity index (χ2v) is 7.40. The molecule has 14 heteroatoms. The molecule has 0 radical (unpaired) electrons. The summed E-state index contributed by atoms with van der Waals surface area (Å²) in [6, 6.07) is -0.581. The second-order valence-electron chi connectivity index (χ2n) is 7.40. The Morgan fingerprint density at radius 2 is 1.72 bits per heavy atom. The average molecular weight is 449 g/mol. The van der Waals surface area contributed by atoms with Crippen molar-refractivity contribution in [2.45, 2.75) is 32.4 Å². The number of carbonyl (C=O) groups is 2. The number of carbonyl (C=O) groups excluding carboxylic acids is 1. The summed E-state index contributed by atoms with van der Waals surface area (Å²) >= 11 is 0. The van der Waals surface area contributed by atoms with E-state index in [1.165, 1.54) is 12.5 Å². The van der Waals surface area contributed by atoms with E-state index in [1.807, 2.05) is 0 Å². The summed E-state index contributed by atoms with van der Waals surface area (Å²) in [6.07, 6.45) is 2.86. The molecule has 0 aliphatic carbocycles. The molecule has 0 bridgehead atoms. The number of nitro benzene ring substituents is 2. The number of hydrogen-bond acceptors (Lipinski definition) is 9. The number of nitrogens with two attached hydrogens (primary N) is 1. The van der Waals surface area contributed by atoms with Gasteiger partial charge in [-0.05, 0) is 12.0 Å². The quantitative estimate of drug-likeness (QED) is 0.285. The van der Waals surface area contributed by atoms with E-state index < -0.39 is 45.2 Å². The summed E-state index contributed by atoms with van der Waals surface area (Å²) in [5.41, 5.74) is 4.05. The molecule has 1 aromatic carbocycles. The van der Waals surface area contributed by atoms with Crippen molar-refractivity contribution in [3.8, 4) is 0 Å². The number of nitro groups is 2. The Hall–Kier alpha value is -4.23. The Balaban J connectivity index is 2.54. The molecular weight excluding hydrogens is 426 g/mol. The van der Waals surface area contributed by atoms with Crippen molar-refractivity contribution >= 4 is 34.6 Å². The predicted molar refractivity (Wildman–Crippen MR) is 113 cm³/mol. The maximum Gasteiger partial charge on any atom is 0.326 e. The van der Waals surface area contributed by atoms with Crippen molar-refractivity contribution in [3.63, 3.8) is 0 Å². The second kappa shape index (κ2) is 9.72. The van der Waals surface area contributed by atoms with Crippen molar-refractivity contribution in [2.75, 3.05) is 10.6 Å². The highest BCUT2D eigenvalue weighted by Crippen LogP contribution is 2.37. The molecule has 0 saturated heterocycles. The van der Waals surface area contributed by atoms with Crippen LogP contribution in [0.25, 0.3) is 0 Å². The molecule has 172 valence electrons. The normalized spacial score (nSPS) is 12.8. The number of aliphatic carboxylic acids is 1. The lowest BCUT2D eigenvalue weighted by Crippen LogP contribution is -2.39. The molecular formula is C18H23N7O7. The number of amides is 1.